The minimum atomic E-state index is -0.466. The standard InChI is InChI=1S/C17H13Cl3N2O2/c18-11-3-1-4-12(8-11)22-9-10(7-15(22)23)17(24)21-14-6-2-5-13(19)16(14)20/h1-6,8,10H,7,9H2,(H,21,24). The summed E-state index contributed by atoms with van der Waals surface area (Å²) in [6.45, 7) is 0.295. The van der Waals surface area contributed by atoms with Crippen molar-refractivity contribution in [3.63, 3.8) is 0 Å². The summed E-state index contributed by atoms with van der Waals surface area (Å²) in [6.07, 6.45) is 0.135. The average molecular weight is 384 g/mol. The molecule has 1 heterocycles. The molecular formula is C17H13Cl3N2O2. The Labute approximate surface area is 154 Å². The van der Waals surface area contributed by atoms with E-state index in [4.69, 9.17) is 34.8 Å². The summed E-state index contributed by atoms with van der Waals surface area (Å²) < 4.78 is 0. The van der Waals surface area contributed by atoms with E-state index in [1.165, 1.54) is 0 Å². The van der Waals surface area contributed by atoms with Gasteiger partial charge >= 0.3 is 0 Å². The van der Waals surface area contributed by atoms with Crippen molar-refractivity contribution in [3.05, 3.63) is 57.5 Å². The Morgan fingerprint density at radius 3 is 2.62 bits per heavy atom. The van der Waals surface area contributed by atoms with Crippen LogP contribution in [0.2, 0.25) is 15.1 Å². The Morgan fingerprint density at radius 1 is 1.12 bits per heavy atom. The largest absolute Gasteiger partial charge is 0.324 e. The molecular weight excluding hydrogens is 371 g/mol. The van der Waals surface area contributed by atoms with Crippen LogP contribution in [-0.2, 0) is 9.59 Å². The smallest absolute Gasteiger partial charge is 0.229 e. The van der Waals surface area contributed by atoms with Gasteiger partial charge in [-0.05, 0) is 30.3 Å². The van der Waals surface area contributed by atoms with Crippen LogP contribution < -0.4 is 10.2 Å². The first kappa shape index (κ1) is 17.1. The topological polar surface area (TPSA) is 49.4 Å². The first-order chi connectivity index (χ1) is 11.5. The van der Waals surface area contributed by atoms with E-state index in [-0.39, 0.29) is 23.3 Å². The maximum atomic E-state index is 12.4. The lowest BCUT2D eigenvalue weighted by Gasteiger charge is -2.17. The molecule has 0 spiro atoms. The van der Waals surface area contributed by atoms with Gasteiger partial charge in [0.25, 0.3) is 0 Å². The lowest BCUT2D eigenvalue weighted by molar-refractivity contribution is -0.122. The molecule has 3 rings (SSSR count). The number of carbonyl (C=O) groups excluding carboxylic acids is 2. The zero-order valence-corrected chi connectivity index (χ0v) is 14.7. The molecule has 1 atom stereocenters. The molecule has 124 valence electrons. The van der Waals surface area contributed by atoms with Gasteiger partial charge in [0.15, 0.2) is 0 Å². The molecule has 1 saturated heterocycles. The number of nitrogens with zero attached hydrogens (tertiary/aromatic N) is 1. The van der Waals surface area contributed by atoms with Crippen molar-refractivity contribution in [3.8, 4) is 0 Å². The van der Waals surface area contributed by atoms with Gasteiger partial charge in [-0.1, -0.05) is 46.9 Å². The fourth-order valence-corrected chi connectivity index (χ4v) is 3.14. The molecule has 4 nitrogen and oxygen atoms in total. The summed E-state index contributed by atoms with van der Waals surface area (Å²) in [5, 5.41) is 3.92. The maximum absolute atomic E-state index is 12.4. The number of hydrogen-bond acceptors (Lipinski definition) is 2. The summed E-state index contributed by atoms with van der Waals surface area (Å²) in [6, 6.07) is 12.0. The number of carbonyl (C=O) groups is 2. The van der Waals surface area contributed by atoms with Crippen LogP contribution >= 0.6 is 34.8 Å². The van der Waals surface area contributed by atoms with Crippen molar-refractivity contribution in [2.75, 3.05) is 16.8 Å². The van der Waals surface area contributed by atoms with E-state index in [0.29, 0.717) is 28.0 Å². The second-order valence-corrected chi connectivity index (χ2v) is 6.70. The van der Waals surface area contributed by atoms with Crippen LogP contribution in [0.15, 0.2) is 42.5 Å². The van der Waals surface area contributed by atoms with Gasteiger partial charge < -0.3 is 10.2 Å². The predicted octanol–water partition coefficient (Wildman–Crippen LogP) is 4.64. The number of halogens is 3. The van der Waals surface area contributed by atoms with Gasteiger partial charge in [0.05, 0.1) is 21.7 Å². The van der Waals surface area contributed by atoms with E-state index in [2.05, 4.69) is 5.32 Å². The first-order valence-corrected chi connectivity index (χ1v) is 8.40. The van der Waals surface area contributed by atoms with Crippen molar-refractivity contribution < 1.29 is 9.59 Å². The van der Waals surface area contributed by atoms with Crippen molar-refractivity contribution in [1.29, 1.82) is 0 Å². The van der Waals surface area contributed by atoms with E-state index < -0.39 is 5.92 Å². The highest BCUT2D eigenvalue weighted by Crippen LogP contribution is 2.31. The highest BCUT2D eigenvalue weighted by atomic mass is 35.5. The molecule has 0 saturated carbocycles. The summed E-state index contributed by atoms with van der Waals surface area (Å²) in [4.78, 5) is 26.2. The zero-order valence-electron chi connectivity index (χ0n) is 12.4. The normalized spacial score (nSPS) is 17.2. The lowest BCUT2D eigenvalue weighted by Crippen LogP contribution is -2.28. The second-order valence-electron chi connectivity index (χ2n) is 5.48. The minimum Gasteiger partial charge on any atom is -0.324 e. The van der Waals surface area contributed by atoms with Crippen LogP contribution in [0.5, 0.6) is 0 Å². The fourth-order valence-electron chi connectivity index (χ4n) is 2.61. The third kappa shape index (κ3) is 3.51. The van der Waals surface area contributed by atoms with Crippen LogP contribution in [0, 0.1) is 5.92 Å². The highest BCUT2D eigenvalue weighted by molar-refractivity contribution is 6.44. The van der Waals surface area contributed by atoms with E-state index in [1.54, 1.807) is 47.4 Å². The summed E-state index contributed by atoms with van der Waals surface area (Å²) in [7, 11) is 0. The number of rotatable bonds is 3. The Hall–Kier alpha value is -1.75. The monoisotopic (exact) mass is 382 g/mol. The maximum Gasteiger partial charge on any atom is 0.229 e. The molecule has 1 N–H and O–H groups in total. The molecule has 1 aliphatic rings. The molecule has 0 bridgehead atoms. The molecule has 1 aliphatic heterocycles. The van der Waals surface area contributed by atoms with E-state index in [9.17, 15) is 9.59 Å². The highest BCUT2D eigenvalue weighted by Gasteiger charge is 2.35. The quantitative estimate of drug-likeness (QED) is 0.839. The van der Waals surface area contributed by atoms with Crippen LogP contribution in [-0.4, -0.2) is 18.4 Å². The van der Waals surface area contributed by atoms with Crippen LogP contribution in [0.1, 0.15) is 6.42 Å². The zero-order chi connectivity index (χ0) is 17.3. The van der Waals surface area contributed by atoms with E-state index in [0.717, 1.165) is 0 Å². The predicted molar refractivity (Wildman–Crippen MR) is 97.0 cm³/mol. The Morgan fingerprint density at radius 2 is 1.88 bits per heavy atom. The number of anilines is 2. The van der Waals surface area contributed by atoms with E-state index in [1.807, 2.05) is 0 Å². The number of amides is 2. The van der Waals surface area contributed by atoms with Gasteiger partial charge in [-0.25, -0.2) is 0 Å². The molecule has 1 unspecified atom stereocenters. The Kier molecular flexibility index (Phi) is 4.99. The summed E-state index contributed by atoms with van der Waals surface area (Å²) >= 11 is 18.0. The molecule has 7 heteroatoms. The van der Waals surface area contributed by atoms with Crippen molar-refractivity contribution in [1.82, 2.24) is 0 Å². The summed E-state index contributed by atoms with van der Waals surface area (Å²) in [5.74, 6) is -0.849. The number of benzene rings is 2. The Balaban J connectivity index is 1.73. The molecule has 2 amide bonds. The SMILES string of the molecule is O=C(Nc1cccc(Cl)c1Cl)C1CC(=O)N(c2cccc(Cl)c2)C1. The molecule has 24 heavy (non-hydrogen) atoms. The minimum absolute atomic E-state index is 0.116. The third-order valence-electron chi connectivity index (χ3n) is 3.83. The van der Waals surface area contributed by atoms with Gasteiger partial charge in [-0.3, -0.25) is 9.59 Å². The molecule has 0 radical (unpaired) electrons. The van der Waals surface area contributed by atoms with Gasteiger partial charge in [0.2, 0.25) is 11.8 Å². The summed E-state index contributed by atoms with van der Waals surface area (Å²) in [5.41, 5.74) is 1.12. The van der Waals surface area contributed by atoms with Gasteiger partial charge in [0, 0.05) is 23.7 Å². The van der Waals surface area contributed by atoms with Crippen LogP contribution in [0.4, 0.5) is 11.4 Å². The third-order valence-corrected chi connectivity index (χ3v) is 4.88. The van der Waals surface area contributed by atoms with E-state index >= 15 is 0 Å². The fraction of sp³-hybridized carbons (Fsp3) is 0.176. The average Bonchev–Trinajstić information content (AvgIpc) is 2.94. The molecule has 0 aliphatic carbocycles. The number of nitrogens with one attached hydrogen (secondary N) is 1. The Bertz CT molecular complexity index is 810. The van der Waals surface area contributed by atoms with Gasteiger partial charge in [-0.15, -0.1) is 0 Å². The van der Waals surface area contributed by atoms with Crippen LogP contribution in [0.3, 0.4) is 0 Å². The van der Waals surface area contributed by atoms with Crippen molar-refractivity contribution >= 4 is 58.0 Å². The lowest BCUT2D eigenvalue weighted by atomic mass is 10.1. The van der Waals surface area contributed by atoms with Crippen LogP contribution in [0.25, 0.3) is 0 Å². The first-order valence-electron chi connectivity index (χ1n) is 7.26. The van der Waals surface area contributed by atoms with Crippen molar-refractivity contribution in [2.45, 2.75) is 6.42 Å². The van der Waals surface area contributed by atoms with Gasteiger partial charge in [-0.2, -0.15) is 0 Å². The molecule has 2 aromatic carbocycles. The number of hydrogen-bond donors (Lipinski definition) is 1. The van der Waals surface area contributed by atoms with Crippen molar-refractivity contribution in [2.24, 2.45) is 5.92 Å². The van der Waals surface area contributed by atoms with Gasteiger partial charge in [0.1, 0.15) is 0 Å². The molecule has 1 fully saturated rings. The molecule has 2 aromatic rings. The molecule has 0 aromatic heterocycles. The second kappa shape index (κ2) is 7.01.